The summed E-state index contributed by atoms with van der Waals surface area (Å²) in [5.74, 6) is 0.799. The molecule has 3 N–H and O–H groups in total. The van der Waals surface area contributed by atoms with Crippen LogP contribution in [0.4, 0.5) is 0 Å². The van der Waals surface area contributed by atoms with Crippen LogP contribution >= 0.6 is 0 Å². The van der Waals surface area contributed by atoms with E-state index in [0.717, 1.165) is 0 Å². The number of aliphatic hydroxyl groups excluding tert-OH is 3. The maximum absolute atomic E-state index is 10.2. The van der Waals surface area contributed by atoms with E-state index in [1.807, 2.05) is 0 Å². The van der Waals surface area contributed by atoms with E-state index in [-0.39, 0.29) is 51.7 Å². The Bertz CT molecular complexity index is 454. The largest absolute Gasteiger partial charge is 0.512 e. The van der Waals surface area contributed by atoms with Crippen LogP contribution in [0.3, 0.4) is 0 Å². The van der Waals surface area contributed by atoms with Gasteiger partial charge in [0.05, 0.1) is 17.3 Å². The molecular formula is C15H18FeO6. The summed E-state index contributed by atoms with van der Waals surface area (Å²) >= 11 is 0. The number of carbonyl (C=O) groups is 3. The summed E-state index contributed by atoms with van der Waals surface area (Å²) in [6.07, 6.45) is 6.93. The van der Waals surface area contributed by atoms with Gasteiger partial charge in [-0.15, -0.1) is 0 Å². The molecule has 3 aliphatic carbocycles. The Hall–Kier alpha value is -1.85. The van der Waals surface area contributed by atoms with Gasteiger partial charge in [0.25, 0.3) is 0 Å². The van der Waals surface area contributed by atoms with Gasteiger partial charge < -0.3 is 15.3 Å². The number of hydrogen-bond donors (Lipinski definition) is 3. The fourth-order valence-corrected chi connectivity index (χ4v) is 1.74. The first kappa shape index (κ1) is 20.1. The minimum absolute atomic E-state index is 0. The molecule has 0 saturated heterocycles. The predicted octanol–water partition coefficient (Wildman–Crippen LogP) is 2.37. The van der Waals surface area contributed by atoms with E-state index in [1.54, 1.807) is 0 Å². The molecule has 0 amide bonds. The van der Waals surface area contributed by atoms with Gasteiger partial charge in [-0.1, -0.05) is 0 Å². The summed E-state index contributed by atoms with van der Waals surface area (Å²) in [7, 11) is 0. The van der Waals surface area contributed by atoms with E-state index in [2.05, 4.69) is 0 Å². The summed E-state index contributed by atoms with van der Waals surface area (Å²) in [6.45, 7) is 0. The average Bonchev–Trinajstić information content (AvgIpc) is 3.06. The van der Waals surface area contributed by atoms with Gasteiger partial charge in [0.2, 0.25) is 0 Å². The number of allylic oxidation sites excluding steroid dienone is 6. The predicted molar refractivity (Wildman–Crippen MR) is 74.9 cm³/mol. The fraction of sp³-hybridized carbons (Fsp3) is 0.400. The Morgan fingerprint density at radius 1 is 0.545 bits per heavy atom. The minimum Gasteiger partial charge on any atom is -0.512 e. The van der Waals surface area contributed by atoms with Crippen LogP contribution < -0.4 is 0 Å². The van der Waals surface area contributed by atoms with Crippen LogP contribution in [0.5, 0.6) is 0 Å². The molecule has 0 fully saturated rings. The molecule has 0 bridgehead atoms. The first-order valence-electron chi connectivity index (χ1n) is 6.64. The van der Waals surface area contributed by atoms with Crippen molar-refractivity contribution in [2.75, 3.05) is 0 Å². The molecule has 0 aromatic carbocycles. The van der Waals surface area contributed by atoms with E-state index in [9.17, 15) is 14.4 Å². The van der Waals surface area contributed by atoms with Gasteiger partial charge in [-0.25, -0.2) is 0 Å². The quantitative estimate of drug-likeness (QED) is 0.578. The second-order valence-corrected chi connectivity index (χ2v) is 4.81. The number of hydrogen-bond acceptors (Lipinski definition) is 6. The normalized spacial score (nSPS) is 19.1. The molecule has 0 heterocycles. The van der Waals surface area contributed by atoms with Crippen molar-refractivity contribution in [1.29, 1.82) is 0 Å². The summed E-state index contributed by atoms with van der Waals surface area (Å²) < 4.78 is 0. The van der Waals surface area contributed by atoms with Gasteiger partial charge in [0.1, 0.15) is 0 Å². The molecule has 3 aliphatic rings. The van der Waals surface area contributed by atoms with E-state index in [1.165, 1.54) is 18.2 Å². The molecule has 0 unspecified atom stereocenters. The molecule has 0 aliphatic heterocycles. The first-order chi connectivity index (χ1) is 9.86. The molecule has 0 aromatic rings. The molecular weight excluding hydrogens is 332 g/mol. The van der Waals surface area contributed by atoms with Crippen LogP contribution in [0.15, 0.2) is 35.5 Å². The van der Waals surface area contributed by atoms with Gasteiger partial charge in [-0.05, 0) is 0 Å². The molecule has 0 radical (unpaired) electrons. The Kier molecular flexibility index (Phi) is 9.13. The third-order valence-electron chi connectivity index (χ3n) is 2.87. The van der Waals surface area contributed by atoms with E-state index in [0.29, 0.717) is 38.5 Å². The third-order valence-corrected chi connectivity index (χ3v) is 2.87. The van der Waals surface area contributed by atoms with Crippen molar-refractivity contribution in [3.8, 4) is 0 Å². The smallest absolute Gasteiger partial charge is 0.159 e. The van der Waals surface area contributed by atoms with Gasteiger partial charge in [-0.3, -0.25) is 14.4 Å². The van der Waals surface area contributed by atoms with Gasteiger partial charge in [0.15, 0.2) is 17.3 Å². The minimum atomic E-state index is 0. The fourth-order valence-electron chi connectivity index (χ4n) is 1.74. The van der Waals surface area contributed by atoms with Crippen LogP contribution in [0.25, 0.3) is 0 Å². The topological polar surface area (TPSA) is 112 Å². The summed E-state index contributed by atoms with van der Waals surface area (Å²) in [5.41, 5.74) is 0. The molecule has 6 nitrogen and oxygen atoms in total. The Morgan fingerprint density at radius 2 is 0.773 bits per heavy atom. The molecule has 7 heteroatoms. The maximum atomic E-state index is 10.2. The number of aliphatic hydroxyl groups is 3. The number of rotatable bonds is 0. The number of carbonyl (C=O) groups excluding carboxylic acids is 3. The third kappa shape index (κ3) is 8.44. The van der Waals surface area contributed by atoms with Crippen LogP contribution in [0, 0.1) is 0 Å². The monoisotopic (exact) mass is 350 g/mol. The van der Waals surface area contributed by atoms with Crippen LogP contribution in [-0.4, -0.2) is 32.7 Å². The Labute approximate surface area is 138 Å². The standard InChI is InChI=1S/3C5H6O2.Fe/c3*6-4-1-2-5(7)3-4;/h3*3,6H,1-2H2;. The zero-order chi connectivity index (χ0) is 15.8. The molecule has 0 spiro atoms. The Balaban J connectivity index is 0.000000294. The maximum Gasteiger partial charge on any atom is 0.159 e. The molecule has 0 aromatic heterocycles. The van der Waals surface area contributed by atoms with Crippen molar-refractivity contribution < 1.29 is 46.8 Å². The van der Waals surface area contributed by atoms with Crippen molar-refractivity contribution in [3.63, 3.8) is 0 Å². The first-order valence-corrected chi connectivity index (χ1v) is 6.64. The van der Waals surface area contributed by atoms with Crippen molar-refractivity contribution >= 4 is 17.3 Å². The summed E-state index contributed by atoms with van der Waals surface area (Å²) in [5, 5.41) is 25.6. The molecule has 122 valence electrons. The van der Waals surface area contributed by atoms with E-state index < -0.39 is 0 Å². The van der Waals surface area contributed by atoms with Gasteiger partial charge in [0, 0.05) is 73.8 Å². The average molecular weight is 350 g/mol. The SMILES string of the molecule is O=C1C=C(O)CC1.O=C1C=C(O)CC1.O=C1C=C(O)CC1.[Fe]. The van der Waals surface area contributed by atoms with Gasteiger partial charge in [-0.2, -0.15) is 0 Å². The van der Waals surface area contributed by atoms with Gasteiger partial charge >= 0.3 is 0 Å². The van der Waals surface area contributed by atoms with E-state index >= 15 is 0 Å². The molecule has 0 saturated carbocycles. The van der Waals surface area contributed by atoms with Crippen molar-refractivity contribution in [2.24, 2.45) is 0 Å². The van der Waals surface area contributed by atoms with E-state index in [4.69, 9.17) is 15.3 Å². The number of ketones is 3. The van der Waals surface area contributed by atoms with Crippen molar-refractivity contribution in [1.82, 2.24) is 0 Å². The van der Waals surface area contributed by atoms with Crippen LogP contribution in [0.2, 0.25) is 0 Å². The second kappa shape index (κ2) is 9.97. The molecule has 22 heavy (non-hydrogen) atoms. The Morgan fingerprint density at radius 3 is 0.818 bits per heavy atom. The van der Waals surface area contributed by atoms with Crippen molar-refractivity contribution in [2.45, 2.75) is 38.5 Å². The second-order valence-electron chi connectivity index (χ2n) is 4.81. The van der Waals surface area contributed by atoms with Crippen molar-refractivity contribution in [3.05, 3.63) is 35.5 Å². The van der Waals surface area contributed by atoms with Crippen LogP contribution in [-0.2, 0) is 31.5 Å². The zero-order valence-corrected chi connectivity index (χ0v) is 13.0. The zero-order valence-electron chi connectivity index (χ0n) is 11.9. The molecule has 3 rings (SSSR count). The molecule has 0 atom stereocenters. The summed E-state index contributed by atoms with van der Waals surface area (Å²) in [4.78, 5) is 30.7. The van der Waals surface area contributed by atoms with Crippen LogP contribution in [0.1, 0.15) is 38.5 Å². The summed E-state index contributed by atoms with van der Waals surface area (Å²) in [6, 6.07) is 0.